The van der Waals surface area contributed by atoms with Gasteiger partial charge in [0.15, 0.2) is 6.10 Å². The SMILES string of the molecule is CCCCCC=CCC=CCCCCCCCC(=O)OC(COC(=O)CCCCCCCCCCCCCCC)COP(=O)(O)OCC[N+](C)(C)C. The molecule has 0 bridgehead atoms. The highest BCUT2D eigenvalue weighted by molar-refractivity contribution is 7.47. The number of nitrogens with zero attached hydrogens (tertiary/aromatic N) is 1. The van der Waals surface area contributed by atoms with E-state index in [1.165, 1.54) is 89.9 Å². The van der Waals surface area contributed by atoms with Crippen LogP contribution in [-0.2, 0) is 32.7 Å². The van der Waals surface area contributed by atoms with E-state index in [9.17, 15) is 19.0 Å². The summed E-state index contributed by atoms with van der Waals surface area (Å²) in [6.45, 7) is 4.38. The van der Waals surface area contributed by atoms with Gasteiger partial charge in [-0.15, -0.1) is 0 Å². The van der Waals surface area contributed by atoms with Crippen molar-refractivity contribution in [1.82, 2.24) is 0 Å². The molecule has 10 heteroatoms. The number of hydrogen-bond donors (Lipinski definition) is 1. The third-order valence-corrected chi connectivity index (χ3v) is 9.97. The van der Waals surface area contributed by atoms with Crippen LogP contribution in [0.4, 0.5) is 0 Å². The quantitative estimate of drug-likeness (QED) is 0.0218. The van der Waals surface area contributed by atoms with Crippen LogP contribution in [0.25, 0.3) is 0 Å². The summed E-state index contributed by atoms with van der Waals surface area (Å²) in [5, 5.41) is 0. The Kier molecular flexibility index (Phi) is 34.2. The van der Waals surface area contributed by atoms with Gasteiger partial charge in [0, 0.05) is 12.8 Å². The molecule has 0 saturated carbocycles. The molecule has 0 aliphatic rings. The molecule has 2 atom stereocenters. The first-order valence-electron chi connectivity index (χ1n) is 21.1. The minimum absolute atomic E-state index is 0.0304. The van der Waals surface area contributed by atoms with Gasteiger partial charge >= 0.3 is 19.8 Å². The second-order valence-electron chi connectivity index (χ2n) is 15.4. The van der Waals surface area contributed by atoms with Gasteiger partial charge in [-0.05, 0) is 44.9 Å². The van der Waals surface area contributed by atoms with E-state index < -0.39 is 26.5 Å². The molecule has 2 unspecified atom stereocenters. The Bertz CT molecular complexity index is 949. The van der Waals surface area contributed by atoms with E-state index in [0.29, 0.717) is 17.4 Å². The fraction of sp³-hybridized carbons (Fsp3) is 0.857. The van der Waals surface area contributed by atoms with Crippen molar-refractivity contribution in [2.45, 2.75) is 187 Å². The monoisotopic (exact) mass is 759 g/mol. The Morgan fingerprint density at radius 2 is 1.04 bits per heavy atom. The number of ether oxygens (including phenoxy) is 2. The van der Waals surface area contributed by atoms with Crippen LogP contribution in [0.15, 0.2) is 24.3 Å². The molecule has 0 aromatic carbocycles. The number of carbonyl (C=O) groups is 2. The lowest BCUT2D eigenvalue weighted by atomic mass is 10.0. The van der Waals surface area contributed by atoms with Crippen LogP contribution in [0.2, 0.25) is 0 Å². The number of quaternary nitrogens is 1. The zero-order chi connectivity index (χ0) is 38.6. The Hall–Kier alpha value is -1.51. The molecular weight excluding hydrogens is 677 g/mol. The molecule has 9 nitrogen and oxygen atoms in total. The zero-order valence-electron chi connectivity index (χ0n) is 34.3. The van der Waals surface area contributed by atoms with E-state index in [1.807, 2.05) is 21.1 Å². The zero-order valence-corrected chi connectivity index (χ0v) is 35.2. The first kappa shape index (κ1) is 50.5. The van der Waals surface area contributed by atoms with Gasteiger partial charge in [0.05, 0.1) is 27.7 Å². The molecule has 306 valence electrons. The van der Waals surface area contributed by atoms with Gasteiger partial charge in [0.1, 0.15) is 19.8 Å². The molecular formula is C42H81NO8P+. The minimum atomic E-state index is -4.37. The number of carbonyl (C=O) groups excluding carboxylic acids is 2. The van der Waals surface area contributed by atoms with Gasteiger partial charge in [-0.25, -0.2) is 4.57 Å². The highest BCUT2D eigenvalue weighted by atomic mass is 31.2. The van der Waals surface area contributed by atoms with E-state index >= 15 is 0 Å². The van der Waals surface area contributed by atoms with Crippen LogP contribution >= 0.6 is 7.82 Å². The third kappa shape index (κ3) is 38.2. The normalized spacial score (nSPS) is 13.9. The highest BCUT2D eigenvalue weighted by Gasteiger charge is 2.27. The lowest BCUT2D eigenvalue weighted by molar-refractivity contribution is -0.870. The Labute approximate surface area is 319 Å². The maximum atomic E-state index is 12.6. The van der Waals surface area contributed by atoms with Gasteiger partial charge in [0.25, 0.3) is 0 Å². The first-order valence-corrected chi connectivity index (χ1v) is 22.6. The molecule has 0 radical (unpaired) electrons. The molecule has 1 N–H and O–H groups in total. The molecule has 0 aromatic rings. The number of likely N-dealkylation sites (N-methyl/N-ethyl adjacent to an activating group) is 1. The van der Waals surface area contributed by atoms with Crippen molar-refractivity contribution in [3.8, 4) is 0 Å². The minimum Gasteiger partial charge on any atom is -0.462 e. The van der Waals surface area contributed by atoms with Crippen LogP contribution in [0.3, 0.4) is 0 Å². The molecule has 0 amide bonds. The van der Waals surface area contributed by atoms with Gasteiger partial charge in [-0.1, -0.05) is 147 Å². The summed E-state index contributed by atoms with van der Waals surface area (Å²) in [5.41, 5.74) is 0. The number of phosphoric acid groups is 1. The summed E-state index contributed by atoms with van der Waals surface area (Å²) in [6, 6.07) is 0. The van der Waals surface area contributed by atoms with Gasteiger partial charge in [-0.3, -0.25) is 18.6 Å². The second kappa shape index (κ2) is 35.2. The maximum absolute atomic E-state index is 12.6. The third-order valence-electron chi connectivity index (χ3n) is 8.98. The van der Waals surface area contributed by atoms with Crippen LogP contribution in [-0.4, -0.2) is 74.9 Å². The highest BCUT2D eigenvalue weighted by Crippen LogP contribution is 2.43. The standard InChI is InChI=1S/C42H80NO8P/c1-6-8-10-12-14-16-18-20-21-23-25-27-29-31-33-35-42(45)51-40(39-50-52(46,47)49-37-36-43(3,4)5)38-48-41(44)34-32-30-28-26-24-22-19-17-15-13-11-9-7-2/h14,16,20-21,40H,6-13,15,17-19,22-39H2,1-5H3/p+1. The molecule has 0 aliphatic heterocycles. The summed E-state index contributed by atoms with van der Waals surface area (Å²) in [5.74, 6) is -0.810. The summed E-state index contributed by atoms with van der Waals surface area (Å²) in [7, 11) is 1.47. The number of hydrogen-bond acceptors (Lipinski definition) is 7. The molecule has 0 aromatic heterocycles. The van der Waals surface area contributed by atoms with Gasteiger partial charge in [0.2, 0.25) is 0 Å². The van der Waals surface area contributed by atoms with E-state index in [0.717, 1.165) is 57.8 Å². The number of esters is 2. The lowest BCUT2D eigenvalue weighted by Crippen LogP contribution is -2.37. The van der Waals surface area contributed by atoms with E-state index in [-0.39, 0.29) is 32.0 Å². The summed E-state index contributed by atoms with van der Waals surface area (Å²) in [6.07, 6.45) is 36.4. The van der Waals surface area contributed by atoms with E-state index in [4.69, 9.17) is 18.5 Å². The Balaban J connectivity index is 4.41. The summed E-state index contributed by atoms with van der Waals surface area (Å²) < 4.78 is 34.2. The predicted molar refractivity (Wildman–Crippen MR) is 215 cm³/mol. The van der Waals surface area contributed by atoms with Crippen LogP contribution in [0, 0.1) is 0 Å². The lowest BCUT2D eigenvalue weighted by Gasteiger charge is -2.24. The fourth-order valence-corrected chi connectivity index (χ4v) is 6.37. The molecule has 0 aliphatic carbocycles. The maximum Gasteiger partial charge on any atom is 0.472 e. The van der Waals surface area contributed by atoms with Crippen LogP contribution < -0.4 is 0 Å². The number of unbranched alkanes of at least 4 members (excludes halogenated alkanes) is 20. The van der Waals surface area contributed by atoms with Crippen molar-refractivity contribution < 1.29 is 42.1 Å². The average Bonchev–Trinajstić information content (AvgIpc) is 3.09. The summed E-state index contributed by atoms with van der Waals surface area (Å²) >= 11 is 0. The predicted octanol–water partition coefficient (Wildman–Crippen LogP) is 11.6. The first-order chi connectivity index (χ1) is 25.0. The van der Waals surface area contributed by atoms with Gasteiger partial charge < -0.3 is 18.9 Å². The topological polar surface area (TPSA) is 108 Å². The fourth-order valence-electron chi connectivity index (χ4n) is 5.63. The molecule has 0 saturated heterocycles. The molecule has 52 heavy (non-hydrogen) atoms. The molecule has 0 heterocycles. The number of allylic oxidation sites excluding steroid dienone is 4. The molecule has 0 fully saturated rings. The van der Waals surface area contributed by atoms with Crippen LogP contribution in [0.5, 0.6) is 0 Å². The van der Waals surface area contributed by atoms with Crippen molar-refractivity contribution in [2.75, 3.05) is 47.5 Å². The second-order valence-corrected chi connectivity index (χ2v) is 16.8. The molecule has 0 spiro atoms. The van der Waals surface area contributed by atoms with E-state index in [2.05, 4.69) is 38.2 Å². The van der Waals surface area contributed by atoms with Crippen LogP contribution in [0.1, 0.15) is 181 Å². The Morgan fingerprint density at radius 1 is 0.596 bits per heavy atom. The Morgan fingerprint density at radius 3 is 1.56 bits per heavy atom. The van der Waals surface area contributed by atoms with Crippen molar-refractivity contribution in [3.63, 3.8) is 0 Å². The number of phosphoric ester groups is 1. The summed E-state index contributed by atoms with van der Waals surface area (Å²) in [4.78, 5) is 35.3. The smallest absolute Gasteiger partial charge is 0.462 e. The van der Waals surface area contributed by atoms with Crippen molar-refractivity contribution in [2.24, 2.45) is 0 Å². The van der Waals surface area contributed by atoms with Crippen molar-refractivity contribution in [3.05, 3.63) is 24.3 Å². The average molecular weight is 759 g/mol. The number of rotatable bonds is 38. The molecule has 0 rings (SSSR count). The van der Waals surface area contributed by atoms with Crippen molar-refractivity contribution in [1.29, 1.82) is 0 Å². The van der Waals surface area contributed by atoms with Gasteiger partial charge in [-0.2, -0.15) is 0 Å². The van der Waals surface area contributed by atoms with E-state index in [1.54, 1.807) is 0 Å². The van der Waals surface area contributed by atoms with Crippen molar-refractivity contribution >= 4 is 19.8 Å². The largest absolute Gasteiger partial charge is 0.472 e.